The predicted octanol–water partition coefficient (Wildman–Crippen LogP) is 4.78. The first-order chi connectivity index (χ1) is 15.2. The van der Waals surface area contributed by atoms with Crippen LogP contribution in [0.5, 0.6) is 0 Å². The Morgan fingerprint density at radius 3 is 2.56 bits per heavy atom. The number of nitrogens with zero attached hydrogens (tertiary/aromatic N) is 1. The molecule has 4 rings (SSSR count). The van der Waals surface area contributed by atoms with Gasteiger partial charge in [-0.25, -0.2) is 9.69 Å². The van der Waals surface area contributed by atoms with Gasteiger partial charge in [0.15, 0.2) is 5.78 Å². The molecule has 0 unspecified atom stereocenters. The zero-order chi connectivity index (χ0) is 23.0. The highest BCUT2D eigenvalue weighted by molar-refractivity contribution is 6.39. The minimum Gasteiger partial charge on any atom is -0.457 e. The first-order valence-corrected chi connectivity index (χ1v) is 10.0. The fourth-order valence-electron chi connectivity index (χ4n) is 3.23. The van der Waals surface area contributed by atoms with Gasteiger partial charge in [-0.15, -0.1) is 0 Å². The largest absolute Gasteiger partial charge is 0.457 e. The summed E-state index contributed by atoms with van der Waals surface area (Å²) in [5, 5.41) is 2.54. The van der Waals surface area contributed by atoms with E-state index >= 15 is 0 Å². The Kier molecular flexibility index (Phi) is 5.50. The molecule has 1 N–H and O–H groups in total. The van der Waals surface area contributed by atoms with Gasteiger partial charge in [-0.3, -0.25) is 19.7 Å². The van der Waals surface area contributed by atoms with E-state index in [-0.39, 0.29) is 22.8 Å². The zero-order valence-electron chi connectivity index (χ0n) is 17.1. The maximum Gasteiger partial charge on any atom is 0.335 e. The van der Waals surface area contributed by atoms with Crippen LogP contribution in [-0.2, 0) is 9.59 Å². The molecular formula is C24H17ClN2O5. The summed E-state index contributed by atoms with van der Waals surface area (Å²) >= 11 is 6.13. The van der Waals surface area contributed by atoms with Crippen molar-refractivity contribution >= 4 is 47.0 Å². The average molecular weight is 449 g/mol. The number of Topliss-reactive ketones (excluding diaryl/α,β-unsaturated/α-hetero) is 1. The number of carbonyl (C=O) groups excluding carboxylic acids is 4. The topological polar surface area (TPSA) is 96.7 Å². The van der Waals surface area contributed by atoms with Crippen molar-refractivity contribution < 1.29 is 23.6 Å². The molecule has 0 bridgehead atoms. The molecule has 0 saturated carbocycles. The second kappa shape index (κ2) is 8.28. The van der Waals surface area contributed by atoms with Gasteiger partial charge in [-0.2, -0.15) is 0 Å². The molecule has 4 amide bonds. The maximum atomic E-state index is 13.0. The van der Waals surface area contributed by atoms with E-state index in [1.165, 1.54) is 19.1 Å². The van der Waals surface area contributed by atoms with Crippen molar-refractivity contribution in [2.75, 3.05) is 4.90 Å². The zero-order valence-corrected chi connectivity index (χ0v) is 17.9. The number of benzene rings is 2. The molecule has 1 saturated heterocycles. The maximum absolute atomic E-state index is 13.0. The molecule has 1 aliphatic heterocycles. The second-order valence-corrected chi connectivity index (χ2v) is 7.64. The van der Waals surface area contributed by atoms with Crippen LogP contribution < -0.4 is 10.2 Å². The number of hydrogen-bond donors (Lipinski definition) is 1. The van der Waals surface area contributed by atoms with Crippen molar-refractivity contribution in [3.63, 3.8) is 0 Å². The Bertz CT molecular complexity index is 1320. The predicted molar refractivity (Wildman–Crippen MR) is 119 cm³/mol. The fourth-order valence-corrected chi connectivity index (χ4v) is 3.41. The number of aryl methyl sites for hydroxylation is 1. The lowest BCUT2D eigenvalue weighted by Crippen LogP contribution is -2.54. The molecule has 1 aliphatic rings. The number of furan rings is 1. The van der Waals surface area contributed by atoms with E-state index in [4.69, 9.17) is 16.0 Å². The van der Waals surface area contributed by atoms with E-state index in [1.807, 2.05) is 0 Å². The SMILES string of the molecule is CC(=O)c1cccc(-c2ccc(/C=C3/C(=O)NC(=O)N(c4ccc(C)c(Cl)c4)C3=O)o2)c1. The highest BCUT2D eigenvalue weighted by atomic mass is 35.5. The molecular weight excluding hydrogens is 432 g/mol. The molecule has 0 spiro atoms. The van der Waals surface area contributed by atoms with Crippen LogP contribution in [-0.4, -0.2) is 23.6 Å². The molecule has 0 aliphatic carbocycles. The number of hydrogen-bond acceptors (Lipinski definition) is 5. The molecule has 2 heterocycles. The van der Waals surface area contributed by atoms with Gasteiger partial charge in [0.1, 0.15) is 17.1 Å². The highest BCUT2D eigenvalue weighted by Crippen LogP contribution is 2.28. The molecule has 0 radical (unpaired) electrons. The molecule has 2 aromatic carbocycles. The van der Waals surface area contributed by atoms with E-state index in [1.54, 1.807) is 55.5 Å². The lowest BCUT2D eigenvalue weighted by atomic mass is 10.1. The van der Waals surface area contributed by atoms with E-state index < -0.39 is 17.8 Å². The third-order valence-electron chi connectivity index (χ3n) is 4.98. The number of imide groups is 2. The normalized spacial score (nSPS) is 15.3. The quantitative estimate of drug-likeness (QED) is 0.352. The van der Waals surface area contributed by atoms with Crippen LogP contribution in [0.15, 0.2) is 64.6 Å². The van der Waals surface area contributed by atoms with Gasteiger partial charge < -0.3 is 4.42 Å². The van der Waals surface area contributed by atoms with Crippen LogP contribution in [0.25, 0.3) is 17.4 Å². The summed E-state index contributed by atoms with van der Waals surface area (Å²) in [7, 11) is 0. The van der Waals surface area contributed by atoms with Gasteiger partial charge in [0.2, 0.25) is 0 Å². The number of barbiturate groups is 1. The number of urea groups is 1. The van der Waals surface area contributed by atoms with Crippen molar-refractivity contribution in [3.05, 3.63) is 82.1 Å². The van der Waals surface area contributed by atoms with Gasteiger partial charge in [-0.05, 0) is 55.8 Å². The Labute approximate surface area is 188 Å². The fraction of sp³-hybridized carbons (Fsp3) is 0.0833. The van der Waals surface area contributed by atoms with Gasteiger partial charge in [0, 0.05) is 16.1 Å². The lowest BCUT2D eigenvalue weighted by Gasteiger charge is -2.26. The van der Waals surface area contributed by atoms with Crippen LogP contribution in [0, 0.1) is 6.92 Å². The third-order valence-corrected chi connectivity index (χ3v) is 5.39. The summed E-state index contributed by atoms with van der Waals surface area (Å²) in [6.45, 7) is 3.26. The van der Waals surface area contributed by atoms with Crippen LogP contribution in [0.2, 0.25) is 5.02 Å². The Morgan fingerprint density at radius 1 is 1.06 bits per heavy atom. The summed E-state index contributed by atoms with van der Waals surface area (Å²) in [4.78, 5) is 50.2. The molecule has 3 aromatic rings. The third kappa shape index (κ3) is 3.98. The van der Waals surface area contributed by atoms with Crippen molar-refractivity contribution in [1.82, 2.24) is 5.32 Å². The summed E-state index contributed by atoms with van der Waals surface area (Å²) in [6.07, 6.45) is 1.27. The van der Waals surface area contributed by atoms with Crippen LogP contribution >= 0.6 is 11.6 Å². The standard InChI is InChI=1S/C24H17ClN2O5/c1-13-6-7-17(11-20(13)25)27-23(30)19(22(29)26-24(27)31)12-18-8-9-21(32-18)16-5-3-4-15(10-16)14(2)28/h3-12H,1-2H3,(H,26,29,31)/b19-12-. The second-order valence-electron chi connectivity index (χ2n) is 7.23. The lowest BCUT2D eigenvalue weighted by molar-refractivity contribution is -0.122. The number of halogens is 1. The van der Waals surface area contributed by atoms with E-state index in [0.29, 0.717) is 21.9 Å². The van der Waals surface area contributed by atoms with Gasteiger partial charge in [0.25, 0.3) is 11.8 Å². The van der Waals surface area contributed by atoms with Gasteiger partial charge in [-0.1, -0.05) is 35.9 Å². The molecule has 7 nitrogen and oxygen atoms in total. The van der Waals surface area contributed by atoms with Crippen LogP contribution in [0.1, 0.15) is 28.6 Å². The van der Waals surface area contributed by atoms with Crippen molar-refractivity contribution in [2.24, 2.45) is 0 Å². The molecule has 0 atom stereocenters. The molecule has 32 heavy (non-hydrogen) atoms. The monoisotopic (exact) mass is 448 g/mol. The summed E-state index contributed by atoms with van der Waals surface area (Å²) in [6, 6.07) is 14.0. The summed E-state index contributed by atoms with van der Waals surface area (Å²) < 4.78 is 5.76. The molecule has 8 heteroatoms. The van der Waals surface area contributed by atoms with Crippen LogP contribution in [0.3, 0.4) is 0 Å². The minimum absolute atomic E-state index is 0.0776. The number of rotatable bonds is 4. The van der Waals surface area contributed by atoms with E-state index in [9.17, 15) is 19.2 Å². The Morgan fingerprint density at radius 2 is 1.84 bits per heavy atom. The number of carbonyl (C=O) groups is 4. The first-order valence-electron chi connectivity index (χ1n) is 9.63. The van der Waals surface area contributed by atoms with Crippen molar-refractivity contribution in [1.29, 1.82) is 0 Å². The molecule has 1 fully saturated rings. The number of anilines is 1. The van der Waals surface area contributed by atoms with Crippen molar-refractivity contribution in [2.45, 2.75) is 13.8 Å². The summed E-state index contributed by atoms with van der Waals surface area (Å²) in [5.74, 6) is -1.00. The average Bonchev–Trinajstić information content (AvgIpc) is 3.22. The number of nitrogens with one attached hydrogen (secondary N) is 1. The number of ketones is 1. The molecule has 160 valence electrons. The van der Waals surface area contributed by atoms with Gasteiger partial charge >= 0.3 is 6.03 Å². The first kappa shape index (κ1) is 21.3. The minimum atomic E-state index is -0.863. The Hall–Kier alpha value is -3.97. The van der Waals surface area contributed by atoms with Crippen molar-refractivity contribution in [3.8, 4) is 11.3 Å². The van der Waals surface area contributed by atoms with E-state index in [0.717, 1.165) is 10.5 Å². The van der Waals surface area contributed by atoms with E-state index in [2.05, 4.69) is 5.32 Å². The molecule has 1 aromatic heterocycles. The van der Waals surface area contributed by atoms with Gasteiger partial charge in [0.05, 0.1) is 5.69 Å². The smallest absolute Gasteiger partial charge is 0.335 e. The Balaban J connectivity index is 1.67. The van der Waals surface area contributed by atoms with Crippen LogP contribution in [0.4, 0.5) is 10.5 Å². The summed E-state index contributed by atoms with van der Waals surface area (Å²) in [5.41, 5.74) is 1.96. The highest BCUT2D eigenvalue weighted by Gasteiger charge is 2.37. The number of amides is 4.